The number of ether oxygens (including phenoxy) is 2. The lowest BCUT2D eigenvalue weighted by molar-refractivity contribution is 0.191. The van der Waals surface area contributed by atoms with Crippen molar-refractivity contribution in [2.45, 2.75) is 52.1 Å². The average molecular weight is 262 g/mol. The molecule has 0 fully saturated rings. The van der Waals surface area contributed by atoms with Gasteiger partial charge in [-0.3, -0.25) is 0 Å². The van der Waals surface area contributed by atoms with E-state index >= 15 is 0 Å². The Balaban J connectivity index is 2.18. The van der Waals surface area contributed by atoms with Gasteiger partial charge in [0.05, 0.1) is 19.3 Å². The molecule has 1 aromatic carbocycles. The van der Waals surface area contributed by atoms with Gasteiger partial charge in [-0.1, -0.05) is 0 Å². The van der Waals surface area contributed by atoms with Crippen LogP contribution in [0.25, 0.3) is 0 Å². The molecule has 0 aliphatic carbocycles. The Morgan fingerprint density at radius 3 is 2.37 bits per heavy atom. The monoisotopic (exact) mass is 262 g/mol. The summed E-state index contributed by atoms with van der Waals surface area (Å²) in [6, 6.07) is 0. The third-order valence-corrected chi connectivity index (χ3v) is 4.11. The van der Waals surface area contributed by atoms with Crippen LogP contribution in [0.2, 0.25) is 0 Å². The topological polar surface area (TPSA) is 38.7 Å². The first-order chi connectivity index (χ1) is 9.18. The molecule has 2 heterocycles. The minimum Gasteiger partial charge on any atom is -0.493 e. The largest absolute Gasteiger partial charge is 0.493 e. The number of hydrogen-bond donors (Lipinski definition) is 1. The molecule has 0 amide bonds. The predicted molar refractivity (Wildman–Crippen MR) is 74.2 cm³/mol. The molecule has 1 N–H and O–H groups in total. The van der Waals surface area contributed by atoms with E-state index < -0.39 is 0 Å². The first-order valence-corrected chi connectivity index (χ1v) is 7.29. The van der Waals surface area contributed by atoms with Crippen LogP contribution in [0.15, 0.2) is 0 Å². The predicted octanol–water partition coefficient (Wildman–Crippen LogP) is 2.57. The molecule has 2 aliphatic heterocycles. The number of rotatable bonds is 2. The van der Waals surface area contributed by atoms with E-state index in [0.717, 1.165) is 50.4 Å². The maximum absolute atomic E-state index is 9.78. The first kappa shape index (κ1) is 12.8. The van der Waals surface area contributed by atoms with Crippen molar-refractivity contribution in [2.75, 3.05) is 13.2 Å². The number of hydrogen-bond acceptors (Lipinski definition) is 3. The minimum atomic E-state index is -0.344. The van der Waals surface area contributed by atoms with E-state index in [2.05, 4.69) is 6.92 Å². The fraction of sp³-hybridized carbons (Fsp3) is 0.625. The van der Waals surface area contributed by atoms with Crippen molar-refractivity contribution in [3.8, 4) is 11.5 Å². The van der Waals surface area contributed by atoms with Crippen LogP contribution in [0.1, 0.15) is 42.0 Å². The number of aliphatic hydroxyl groups excluding tert-OH is 1. The van der Waals surface area contributed by atoms with Crippen molar-refractivity contribution < 1.29 is 14.6 Å². The molecule has 0 saturated heterocycles. The summed E-state index contributed by atoms with van der Waals surface area (Å²) >= 11 is 0. The van der Waals surface area contributed by atoms with Crippen molar-refractivity contribution in [3.05, 3.63) is 22.3 Å². The van der Waals surface area contributed by atoms with Crippen molar-refractivity contribution in [1.82, 2.24) is 0 Å². The Morgan fingerprint density at radius 2 is 1.68 bits per heavy atom. The highest BCUT2D eigenvalue weighted by atomic mass is 16.5. The van der Waals surface area contributed by atoms with E-state index in [0.29, 0.717) is 6.42 Å². The van der Waals surface area contributed by atoms with Crippen molar-refractivity contribution in [1.29, 1.82) is 0 Å². The van der Waals surface area contributed by atoms with Gasteiger partial charge in [-0.15, -0.1) is 0 Å². The number of benzene rings is 1. The van der Waals surface area contributed by atoms with Gasteiger partial charge < -0.3 is 14.6 Å². The summed E-state index contributed by atoms with van der Waals surface area (Å²) in [4.78, 5) is 0. The summed E-state index contributed by atoms with van der Waals surface area (Å²) in [5.74, 6) is 2.10. The Labute approximate surface area is 114 Å². The van der Waals surface area contributed by atoms with Gasteiger partial charge in [0.1, 0.15) is 11.5 Å². The Morgan fingerprint density at radius 1 is 1.05 bits per heavy atom. The third kappa shape index (κ3) is 2.20. The van der Waals surface area contributed by atoms with E-state index in [4.69, 9.17) is 9.47 Å². The zero-order chi connectivity index (χ0) is 13.4. The van der Waals surface area contributed by atoms with Crippen LogP contribution in [0.4, 0.5) is 0 Å². The molecule has 0 bridgehead atoms. The second-order valence-corrected chi connectivity index (χ2v) is 5.68. The molecule has 3 heteroatoms. The highest BCUT2D eigenvalue weighted by Gasteiger charge is 2.27. The highest BCUT2D eigenvalue weighted by molar-refractivity contribution is 5.60. The molecule has 1 aromatic rings. The molecule has 1 unspecified atom stereocenters. The van der Waals surface area contributed by atoms with E-state index in [1.165, 1.54) is 22.3 Å². The summed E-state index contributed by atoms with van der Waals surface area (Å²) < 4.78 is 11.8. The quantitative estimate of drug-likeness (QED) is 0.890. The molecule has 1 atom stereocenters. The number of aliphatic hydroxyl groups is 1. The fourth-order valence-electron chi connectivity index (χ4n) is 3.28. The molecule has 0 radical (unpaired) electrons. The lowest BCUT2D eigenvalue weighted by atomic mass is 9.87. The molecule has 0 aromatic heterocycles. The van der Waals surface area contributed by atoms with Crippen LogP contribution in [-0.4, -0.2) is 24.4 Å². The van der Waals surface area contributed by atoms with Crippen LogP contribution in [0.5, 0.6) is 11.5 Å². The SMILES string of the molecule is Cc1c2c(c(CC(C)O)c3c1OCCC3)OCCC2. The van der Waals surface area contributed by atoms with Crippen LogP contribution in [-0.2, 0) is 19.3 Å². The van der Waals surface area contributed by atoms with Gasteiger partial charge >= 0.3 is 0 Å². The van der Waals surface area contributed by atoms with Crippen molar-refractivity contribution >= 4 is 0 Å². The second-order valence-electron chi connectivity index (χ2n) is 5.68. The molecule has 0 spiro atoms. The van der Waals surface area contributed by atoms with Crippen molar-refractivity contribution in [3.63, 3.8) is 0 Å². The van der Waals surface area contributed by atoms with E-state index in [1.54, 1.807) is 0 Å². The Hall–Kier alpha value is -1.22. The Bertz CT molecular complexity index is 454. The van der Waals surface area contributed by atoms with Gasteiger partial charge in [-0.25, -0.2) is 0 Å². The van der Waals surface area contributed by atoms with Gasteiger partial charge in [0.15, 0.2) is 0 Å². The first-order valence-electron chi connectivity index (χ1n) is 7.29. The summed E-state index contributed by atoms with van der Waals surface area (Å²) in [5.41, 5.74) is 5.00. The standard InChI is InChI=1S/C16H22O3/c1-10(17)9-14-13-6-4-7-18-15(13)11(2)12-5-3-8-19-16(12)14/h10,17H,3-9H2,1-2H3. The summed E-state index contributed by atoms with van der Waals surface area (Å²) in [7, 11) is 0. The van der Waals surface area contributed by atoms with Crippen molar-refractivity contribution in [2.24, 2.45) is 0 Å². The van der Waals surface area contributed by atoms with E-state index in [-0.39, 0.29) is 6.10 Å². The third-order valence-electron chi connectivity index (χ3n) is 4.11. The zero-order valence-corrected chi connectivity index (χ0v) is 11.8. The van der Waals surface area contributed by atoms with Crippen LogP contribution in [0.3, 0.4) is 0 Å². The molecule has 0 saturated carbocycles. The highest BCUT2D eigenvalue weighted by Crippen LogP contribution is 2.43. The molecule has 3 rings (SSSR count). The zero-order valence-electron chi connectivity index (χ0n) is 11.8. The van der Waals surface area contributed by atoms with Gasteiger partial charge in [-0.2, -0.15) is 0 Å². The molecule has 2 aliphatic rings. The fourth-order valence-corrected chi connectivity index (χ4v) is 3.28. The normalized spacial score (nSPS) is 18.9. The molecular weight excluding hydrogens is 240 g/mol. The van der Waals surface area contributed by atoms with Gasteiger partial charge in [0.25, 0.3) is 0 Å². The molecule has 19 heavy (non-hydrogen) atoms. The smallest absolute Gasteiger partial charge is 0.126 e. The van der Waals surface area contributed by atoms with Gasteiger partial charge in [0.2, 0.25) is 0 Å². The summed E-state index contributed by atoms with van der Waals surface area (Å²) in [6.07, 6.45) is 4.54. The summed E-state index contributed by atoms with van der Waals surface area (Å²) in [5, 5.41) is 9.78. The van der Waals surface area contributed by atoms with E-state index in [9.17, 15) is 5.11 Å². The van der Waals surface area contributed by atoms with E-state index in [1.807, 2.05) is 6.92 Å². The Kier molecular flexibility index (Phi) is 3.40. The molecular formula is C16H22O3. The van der Waals surface area contributed by atoms with Gasteiger partial charge in [0, 0.05) is 23.1 Å². The summed E-state index contributed by atoms with van der Waals surface area (Å²) in [6.45, 7) is 5.58. The molecule has 104 valence electrons. The second kappa shape index (κ2) is 5.04. The minimum absolute atomic E-state index is 0.344. The van der Waals surface area contributed by atoms with Crippen LogP contribution < -0.4 is 9.47 Å². The van der Waals surface area contributed by atoms with Gasteiger partial charge in [-0.05, 0) is 45.1 Å². The maximum atomic E-state index is 9.78. The maximum Gasteiger partial charge on any atom is 0.126 e. The lowest BCUT2D eigenvalue weighted by Gasteiger charge is -2.30. The van der Waals surface area contributed by atoms with Crippen LogP contribution >= 0.6 is 0 Å². The molecule has 3 nitrogen and oxygen atoms in total. The number of fused-ring (bicyclic) bond motifs is 2. The van der Waals surface area contributed by atoms with Crippen LogP contribution in [0, 0.1) is 6.92 Å². The lowest BCUT2D eigenvalue weighted by Crippen LogP contribution is -2.20. The average Bonchev–Trinajstić information content (AvgIpc) is 2.43.